The van der Waals surface area contributed by atoms with Gasteiger partial charge in [0.1, 0.15) is 11.2 Å². The maximum atomic E-state index is 13.7. The van der Waals surface area contributed by atoms with Gasteiger partial charge < -0.3 is 10.6 Å². The zero-order chi connectivity index (χ0) is 18.8. The monoisotopic (exact) mass is 342 g/mol. The summed E-state index contributed by atoms with van der Waals surface area (Å²) >= 11 is 0. The molecular formula is C20H23FN2O2. The minimum absolute atomic E-state index is 0.0519. The predicted octanol–water partition coefficient (Wildman–Crippen LogP) is 4.35. The Kier molecular flexibility index (Phi) is 5.26. The number of rotatable bonds is 4. The van der Waals surface area contributed by atoms with Crippen LogP contribution in [0.15, 0.2) is 36.4 Å². The minimum atomic E-state index is -1.37. The van der Waals surface area contributed by atoms with Gasteiger partial charge in [0.15, 0.2) is 0 Å². The van der Waals surface area contributed by atoms with Crippen LogP contribution in [-0.4, -0.2) is 11.8 Å². The highest BCUT2D eigenvalue weighted by Gasteiger charge is 2.36. The Labute approximate surface area is 147 Å². The lowest BCUT2D eigenvalue weighted by atomic mass is 9.90. The molecule has 0 spiro atoms. The molecule has 0 aliphatic rings. The second kappa shape index (κ2) is 7.05. The number of carbonyl (C=O) groups excluding carboxylic acids is 2. The van der Waals surface area contributed by atoms with Gasteiger partial charge in [-0.25, -0.2) is 4.39 Å². The molecule has 0 heterocycles. The normalized spacial score (nSPS) is 11.1. The van der Waals surface area contributed by atoms with Crippen LogP contribution in [-0.2, 0) is 9.59 Å². The van der Waals surface area contributed by atoms with Crippen LogP contribution in [0.5, 0.6) is 0 Å². The van der Waals surface area contributed by atoms with E-state index in [4.69, 9.17) is 0 Å². The number of para-hydroxylation sites is 1. The molecule has 0 unspecified atom stereocenters. The lowest BCUT2D eigenvalue weighted by molar-refractivity contribution is -0.135. The van der Waals surface area contributed by atoms with Gasteiger partial charge >= 0.3 is 0 Å². The van der Waals surface area contributed by atoms with Gasteiger partial charge in [0.25, 0.3) is 0 Å². The lowest BCUT2D eigenvalue weighted by Gasteiger charge is -2.24. The van der Waals surface area contributed by atoms with Gasteiger partial charge in [0, 0.05) is 5.69 Å². The molecule has 25 heavy (non-hydrogen) atoms. The number of carbonyl (C=O) groups is 2. The second-order valence-electron chi connectivity index (χ2n) is 6.79. The van der Waals surface area contributed by atoms with Crippen molar-refractivity contribution in [3.8, 4) is 0 Å². The number of hydrogen-bond acceptors (Lipinski definition) is 2. The van der Waals surface area contributed by atoms with E-state index in [0.717, 1.165) is 16.7 Å². The van der Waals surface area contributed by atoms with Gasteiger partial charge in [-0.15, -0.1) is 0 Å². The highest BCUT2D eigenvalue weighted by atomic mass is 19.1. The molecule has 0 aromatic heterocycles. The Morgan fingerprint density at radius 2 is 1.44 bits per heavy atom. The van der Waals surface area contributed by atoms with Crippen molar-refractivity contribution in [1.82, 2.24) is 0 Å². The molecule has 0 atom stereocenters. The van der Waals surface area contributed by atoms with Crippen LogP contribution in [0.1, 0.15) is 30.5 Å². The van der Waals surface area contributed by atoms with Gasteiger partial charge in [0.05, 0.1) is 5.69 Å². The molecule has 132 valence electrons. The lowest BCUT2D eigenvalue weighted by Crippen LogP contribution is -2.42. The summed E-state index contributed by atoms with van der Waals surface area (Å²) in [5.41, 5.74) is 2.33. The van der Waals surface area contributed by atoms with Crippen molar-refractivity contribution in [2.75, 3.05) is 10.6 Å². The highest BCUT2D eigenvalue weighted by Crippen LogP contribution is 2.26. The maximum Gasteiger partial charge on any atom is 0.239 e. The zero-order valence-electron chi connectivity index (χ0n) is 15.2. The third-order valence-electron chi connectivity index (χ3n) is 4.17. The topological polar surface area (TPSA) is 58.2 Å². The largest absolute Gasteiger partial charge is 0.325 e. The Bertz CT molecular complexity index is 805. The molecule has 2 aromatic carbocycles. The molecule has 2 rings (SSSR count). The summed E-state index contributed by atoms with van der Waals surface area (Å²) in [6, 6.07) is 9.79. The molecule has 0 saturated carbocycles. The number of benzene rings is 2. The molecule has 2 amide bonds. The Morgan fingerprint density at radius 3 is 2.00 bits per heavy atom. The molecule has 0 fully saturated rings. The van der Waals surface area contributed by atoms with Crippen LogP contribution < -0.4 is 10.6 Å². The number of anilines is 2. The molecule has 5 heteroatoms. The molecule has 0 saturated heterocycles. The van der Waals surface area contributed by atoms with Crippen molar-refractivity contribution in [2.24, 2.45) is 5.41 Å². The van der Waals surface area contributed by atoms with E-state index in [-0.39, 0.29) is 5.69 Å². The summed E-state index contributed by atoms with van der Waals surface area (Å²) in [4.78, 5) is 25.2. The molecule has 0 bridgehead atoms. The van der Waals surface area contributed by atoms with Crippen LogP contribution in [0.25, 0.3) is 0 Å². The Morgan fingerprint density at radius 1 is 0.920 bits per heavy atom. The Hall–Kier alpha value is -2.69. The van der Waals surface area contributed by atoms with Crippen molar-refractivity contribution < 1.29 is 14.0 Å². The Balaban J connectivity index is 2.20. The fraction of sp³-hybridized carbons (Fsp3) is 0.300. The third-order valence-corrected chi connectivity index (χ3v) is 4.17. The second-order valence-corrected chi connectivity index (χ2v) is 6.79. The summed E-state index contributed by atoms with van der Waals surface area (Å²) < 4.78 is 13.7. The molecule has 0 aliphatic carbocycles. The number of amides is 2. The van der Waals surface area contributed by atoms with Gasteiger partial charge in [0.2, 0.25) is 11.8 Å². The number of halogens is 1. The van der Waals surface area contributed by atoms with E-state index in [1.165, 1.54) is 32.0 Å². The summed E-state index contributed by atoms with van der Waals surface area (Å²) in [5.74, 6) is -1.56. The fourth-order valence-corrected chi connectivity index (χ4v) is 2.59. The first-order valence-corrected chi connectivity index (χ1v) is 8.08. The number of aryl methyl sites for hydroxylation is 3. The van der Waals surface area contributed by atoms with Crippen LogP contribution in [0.3, 0.4) is 0 Å². The third kappa shape index (κ3) is 4.05. The first-order valence-electron chi connectivity index (χ1n) is 8.08. The average molecular weight is 342 g/mol. The van der Waals surface area contributed by atoms with Gasteiger partial charge in [-0.2, -0.15) is 0 Å². The van der Waals surface area contributed by atoms with Crippen LogP contribution in [0.2, 0.25) is 0 Å². The zero-order valence-corrected chi connectivity index (χ0v) is 15.2. The van der Waals surface area contributed by atoms with E-state index in [1.54, 1.807) is 6.07 Å². The molecule has 4 nitrogen and oxygen atoms in total. The predicted molar refractivity (Wildman–Crippen MR) is 98.1 cm³/mol. The summed E-state index contributed by atoms with van der Waals surface area (Å²) in [7, 11) is 0. The molecule has 2 N–H and O–H groups in total. The van der Waals surface area contributed by atoms with Gasteiger partial charge in [-0.3, -0.25) is 9.59 Å². The molecule has 0 aliphatic heterocycles. The van der Waals surface area contributed by atoms with E-state index in [0.29, 0.717) is 5.69 Å². The first kappa shape index (κ1) is 18.6. The van der Waals surface area contributed by atoms with E-state index in [1.807, 2.05) is 32.9 Å². The van der Waals surface area contributed by atoms with E-state index in [2.05, 4.69) is 10.6 Å². The van der Waals surface area contributed by atoms with E-state index >= 15 is 0 Å². The molecule has 0 radical (unpaired) electrons. The maximum absolute atomic E-state index is 13.7. The van der Waals surface area contributed by atoms with Crippen LogP contribution in [0.4, 0.5) is 15.8 Å². The van der Waals surface area contributed by atoms with E-state index in [9.17, 15) is 14.0 Å². The fourth-order valence-electron chi connectivity index (χ4n) is 2.59. The van der Waals surface area contributed by atoms with Crippen molar-refractivity contribution in [2.45, 2.75) is 34.6 Å². The average Bonchev–Trinajstić information content (AvgIpc) is 2.52. The summed E-state index contributed by atoms with van der Waals surface area (Å²) in [6.07, 6.45) is 0. The molecule has 2 aromatic rings. The van der Waals surface area contributed by atoms with E-state index < -0.39 is 23.0 Å². The number of nitrogens with one attached hydrogen (secondary N) is 2. The first-order chi connectivity index (χ1) is 11.6. The SMILES string of the molecule is Cc1cc(C)c(NC(=O)C(C)(C)C(=O)Nc2ccccc2F)c(C)c1. The van der Waals surface area contributed by atoms with Crippen molar-refractivity contribution in [1.29, 1.82) is 0 Å². The summed E-state index contributed by atoms with van der Waals surface area (Å²) in [6.45, 7) is 8.82. The minimum Gasteiger partial charge on any atom is -0.325 e. The quantitative estimate of drug-likeness (QED) is 0.811. The van der Waals surface area contributed by atoms with Crippen LogP contribution in [0, 0.1) is 32.0 Å². The standard InChI is InChI=1S/C20H23FN2O2/c1-12-10-13(2)17(14(3)11-12)23-19(25)20(4,5)18(24)22-16-9-7-6-8-15(16)21/h6-11H,1-5H3,(H,22,24)(H,23,25). The van der Waals surface area contributed by atoms with Gasteiger partial charge in [-0.05, 0) is 57.9 Å². The van der Waals surface area contributed by atoms with Gasteiger partial charge in [-0.1, -0.05) is 29.8 Å². The highest BCUT2D eigenvalue weighted by molar-refractivity contribution is 6.14. The van der Waals surface area contributed by atoms with Crippen molar-refractivity contribution in [3.05, 3.63) is 58.9 Å². The summed E-state index contributed by atoms with van der Waals surface area (Å²) in [5, 5.41) is 5.31. The number of hydrogen-bond donors (Lipinski definition) is 2. The smallest absolute Gasteiger partial charge is 0.239 e. The van der Waals surface area contributed by atoms with Crippen molar-refractivity contribution >= 4 is 23.2 Å². The van der Waals surface area contributed by atoms with Crippen molar-refractivity contribution in [3.63, 3.8) is 0 Å². The molecular weight excluding hydrogens is 319 g/mol. The van der Waals surface area contributed by atoms with Crippen LogP contribution >= 0.6 is 0 Å².